The molecule has 0 amide bonds. The van der Waals surface area contributed by atoms with E-state index in [1.54, 1.807) is 14.2 Å². The van der Waals surface area contributed by atoms with Gasteiger partial charge in [-0.05, 0) is 18.6 Å². The largest absolute Gasteiger partial charge is 0.497 e. The third-order valence-electron chi connectivity index (χ3n) is 3.00. The number of nitrogen functional groups attached to an aromatic ring is 1. The number of hydrogen-bond donors (Lipinski definition) is 1. The first kappa shape index (κ1) is 13.3. The third-order valence-corrected chi connectivity index (χ3v) is 3.00. The molecule has 0 radical (unpaired) electrons. The van der Waals surface area contributed by atoms with Crippen molar-refractivity contribution in [2.24, 2.45) is 0 Å². The number of aryl methyl sites for hydroxylation is 2. The lowest BCUT2D eigenvalue weighted by molar-refractivity contribution is 0.394. The highest BCUT2D eigenvalue weighted by molar-refractivity contribution is 5.74. The normalized spacial score (nSPS) is 10.5. The molecule has 2 aromatic rings. The Morgan fingerprint density at radius 3 is 2.58 bits per heavy atom. The molecular formula is C14H18N2O3. The van der Waals surface area contributed by atoms with Crippen LogP contribution in [0.25, 0.3) is 11.3 Å². The molecule has 5 nitrogen and oxygen atoms in total. The number of ether oxygens (including phenoxy) is 2. The quantitative estimate of drug-likeness (QED) is 0.917. The van der Waals surface area contributed by atoms with Crippen molar-refractivity contribution in [3.63, 3.8) is 0 Å². The van der Waals surface area contributed by atoms with Gasteiger partial charge in [0.15, 0.2) is 0 Å². The lowest BCUT2D eigenvalue weighted by atomic mass is 10.0. The van der Waals surface area contributed by atoms with Gasteiger partial charge in [0.05, 0.1) is 14.2 Å². The average molecular weight is 262 g/mol. The second-order valence-corrected chi connectivity index (χ2v) is 4.20. The van der Waals surface area contributed by atoms with Crippen molar-refractivity contribution >= 4 is 6.01 Å². The second kappa shape index (κ2) is 5.22. The van der Waals surface area contributed by atoms with Crippen molar-refractivity contribution < 1.29 is 13.9 Å². The predicted octanol–water partition coefficient (Wildman–Crippen LogP) is 2.81. The van der Waals surface area contributed by atoms with Gasteiger partial charge in [-0.25, -0.2) is 0 Å². The smallest absolute Gasteiger partial charge is 0.292 e. The van der Waals surface area contributed by atoms with Crippen LogP contribution in [0.1, 0.15) is 18.2 Å². The molecule has 0 aliphatic rings. The molecule has 0 saturated heterocycles. The highest BCUT2D eigenvalue weighted by Gasteiger charge is 2.19. The Kier molecular flexibility index (Phi) is 3.64. The first-order valence-electron chi connectivity index (χ1n) is 6.08. The molecule has 0 aliphatic heterocycles. The van der Waals surface area contributed by atoms with Crippen LogP contribution in [0.4, 0.5) is 6.01 Å². The molecule has 0 bridgehead atoms. The van der Waals surface area contributed by atoms with E-state index in [0.29, 0.717) is 12.2 Å². The van der Waals surface area contributed by atoms with Gasteiger partial charge >= 0.3 is 0 Å². The number of nitrogens with two attached hydrogens (primary N) is 1. The van der Waals surface area contributed by atoms with Crippen LogP contribution in [0.2, 0.25) is 0 Å². The van der Waals surface area contributed by atoms with E-state index in [-0.39, 0.29) is 6.01 Å². The van der Waals surface area contributed by atoms with Gasteiger partial charge in [0.25, 0.3) is 6.01 Å². The Bertz CT molecular complexity index is 591. The van der Waals surface area contributed by atoms with Crippen LogP contribution in [0.5, 0.6) is 11.5 Å². The molecule has 1 aromatic heterocycles. The molecule has 2 rings (SSSR count). The Labute approximate surface area is 112 Å². The third kappa shape index (κ3) is 2.36. The maximum Gasteiger partial charge on any atom is 0.292 e. The van der Waals surface area contributed by atoms with E-state index >= 15 is 0 Å². The summed E-state index contributed by atoms with van der Waals surface area (Å²) in [4.78, 5) is 4.27. The molecule has 1 aromatic carbocycles. The SMILES string of the molecule is CCc1oc(N)nc1-c1c(C)cc(OC)cc1OC. The highest BCUT2D eigenvalue weighted by Crippen LogP contribution is 2.38. The van der Waals surface area contributed by atoms with Crippen LogP contribution in [0, 0.1) is 6.92 Å². The van der Waals surface area contributed by atoms with Crippen molar-refractivity contribution in [1.82, 2.24) is 4.98 Å². The molecule has 0 aliphatic carbocycles. The average Bonchev–Trinajstić information content (AvgIpc) is 2.78. The summed E-state index contributed by atoms with van der Waals surface area (Å²) in [5, 5.41) is 0. The van der Waals surface area contributed by atoms with Crippen LogP contribution < -0.4 is 15.2 Å². The predicted molar refractivity (Wildman–Crippen MR) is 73.6 cm³/mol. The van der Waals surface area contributed by atoms with E-state index in [4.69, 9.17) is 19.6 Å². The summed E-state index contributed by atoms with van der Waals surface area (Å²) in [6, 6.07) is 3.93. The summed E-state index contributed by atoms with van der Waals surface area (Å²) in [6.45, 7) is 3.97. The zero-order valence-electron chi connectivity index (χ0n) is 11.6. The molecule has 102 valence electrons. The molecule has 0 atom stereocenters. The Morgan fingerprint density at radius 1 is 1.26 bits per heavy atom. The molecular weight excluding hydrogens is 244 g/mol. The molecule has 0 saturated carbocycles. The first-order valence-corrected chi connectivity index (χ1v) is 6.08. The van der Waals surface area contributed by atoms with E-state index in [0.717, 1.165) is 28.3 Å². The van der Waals surface area contributed by atoms with Gasteiger partial charge in [-0.2, -0.15) is 4.98 Å². The van der Waals surface area contributed by atoms with Gasteiger partial charge in [0.2, 0.25) is 0 Å². The van der Waals surface area contributed by atoms with Gasteiger partial charge in [-0.1, -0.05) is 6.92 Å². The molecule has 19 heavy (non-hydrogen) atoms. The summed E-state index contributed by atoms with van der Waals surface area (Å²) < 4.78 is 16.1. The fourth-order valence-corrected chi connectivity index (χ4v) is 2.11. The van der Waals surface area contributed by atoms with Gasteiger partial charge in [-0.3, -0.25) is 0 Å². The number of oxazole rings is 1. The van der Waals surface area contributed by atoms with E-state index in [9.17, 15) is 0 Å². The maximum atomic E-state index is 5.65. The van der Waals surface area contributed by atoms with Crippen molar-refractivity contribution in [1.29, 1.82) is 0 Å². The van der Waals surface area contributed by atoms with Crippen LogP contribution in [0.15, 0.2) is 16.5 Å². The number of hydrogen-bond acceptors (Lipinski definition) is 5. The number of anilines is 1. The van der Waals surface area contributed by atoms with Crippen molar-refractivity contribution in [2.75, 3.05) is 20.0 Å². The standard InChI is InChI=1S/C14H18N2O3/c1-5-10-13(16-14(15)19-10)12-8(2)6-9(17-3)7-11(12)18-4/h6-7H,5H2,1-4H3,(H2,15,16). The molecule has 0 unspecified atom stereocenters. The number of aromatic nitrogens is 1. The molecule has 0 fully saturated rings. The van der Waals surface area contributed by atoms with Crippen molar-refractivity contribution in [3.8, 4) is 22.8 Å². The number of benzene rings is 1. The van der Waals surface area contributed by atoms with E-state index < -0.39 is 0 Å². The summed E-state index contributed by atoms with van der Waals surface area (Å²) in [5.41, 5.74) is 8.27. The van der Waals surface area contributed by atoms with Crippen LogP contribution >= 0.6 is 0 Å². The zero-order valence-corrected chi connectivity index (χ0v) is 11.6. The van der Waals surface area contributed by atoms with Gasteiger partial charge in [0, 0.05) is 18.1 Å². The van der Waals surface area contributed by atoms with Gasteiger partial charge < -0.3 is 19.6 Å². The minimum Gasteiger partial charge on any atom is -0.497 e. The summed E-state index contributed by atoms with van der Waals surface area (Å²) in [7, 11) is 3.24. The maximum absolute atomic E-state index is 5.65. The monoisotopic (exact) mass is 262 g/mol. The molecule has 5 heteroatoms. The lowest BCUT2D eigenvalue weighted by Gasteiger charge is -2.12. The van der Waals surface area contributed by atoms with E-state index in [2.05, 4.69) is 4.98 Å². The number of methoxy groups -OCH3 is 2. The number of rotatable bonds is 4. The summed E-state index contributed by atoms with van der Waals surface area (Å²) >= 11 is 0. The molecule has 1 heterocycles. The highest BCUT2D eigenvalue weighted by atomic mass is 16.5. The Hall–Kier alpha value is -2.17. The van der Waals surface area contributed by atoms with E-state index in [1.807, 2.05) is 26.0 Å². The number of nitrogens with zero attached hydrogens (tertiary/aromatic N) is 1. The fraction of sp³-hybridized carbons (Fsp3) is 0.357. The Balaban J connectivity index is 2.66. The first-order chi connectivity index (χ1) is 9.10. The van der Waals surface area contributed by atoms with Gasteiger partial charge in [0.1, 0.15) is 23.0 Å². The van der Waals surface area contributed by atoms with Gasteiger partial charge in [-0.15, -0.1) is 0 Å². The van der Waals surface area contributed by atoms with Crippen molar-refractivity contribution in [3.05, 3.63) is 23.5 Å². The second-order valence-electron chi connectivity index (χ2n) is 4.20. The summed E-state index contributed by atoms with van der Waals surface area (Å²) in [5.74, 6) is 2.19. The zero-order chi connectivity index (χ0) is 14.0. The Morgan fingerprint density at radius 2 is 2.00 bits per heavy atom. The van der Waals surface area contributed by atoms with Crippen LogP contribution in [-0.2, 0) is 6.42 Å². The van der Waals surface area contributed by atoms with Crippen LogP contribution in [-0.4, -0.2) is 19.2 Å². The molecule has 0 spiro atoms. The topological polar surface area (TPSA) is 70.5 Å². The van der Waals surface area contributed by atoms with Crippen LogP contribution in [0.3, 0.4) is 0 Å². The summed E-state index contributed by atoms with van der Waals surface area (Å²) in [6.07, 6.45) is 0.716. The van der Waals surface area contributed by atoms with E-state index in [1.165, 1.54) is 0 Å². The van der Waals surface area contributed by atoms with Crippen molar-refractivity contribution in [2.45, 2.75) is 20.3 Å². The minimum atomic E-state index is 0.170. The lowest BCUT2D eigenvalue weighted by Crippen LogP contribution is -1.96. The molecule has 2 N–H and O–H groups in total. The minimum absolute atomic E-state index is 0.170. The fourth-order valence-electron chi connectivity index (χ4n) is 2.11.